The molecule has 68 valence electrons. The molecule has 0 spiro atoms. The lowest BCUT2D eigenvalue weighted by Crippen LogP contribution is -2.36. The van der Waals surface area contributed by atoms with Crippen molar-refractivity contribution < 1.29 is 9.59 Å². The van der Waals surface area contributed by atoms with Crippen molar-refractivity contribution in [3.8, 4) is 0 Å². The van der Waals surface area contributed by atoms with Crippen molar-refractivity contribution in [3.05, 3.63) is 0 Å². The van der Waals surface area contributed by atoms with Gasteiger partial charge in [0.25, 0.3) is 0 Å². The summed E-state index contributed by atoms with van der Waals surface area (Å²) in [4.78, 5) is 22.5. The van der Waals surface area contributed by atoms with Gasteiger partial charge in [-0.2, -0.15) is 0 Å². The monoisotopic (exact) mass is 169 g/mol. The number of nitrogens with one attached hydrogen (secondary N) is 1. The molecule has 3 heteroatoms. The maximum Gasteiger partial charge on any atom is 0.230 e. The van der Waals surface area contributed by atoms with Gasteiger partial charge in [-0.3, -0.25) is 9.59 Å². The second kappa shape index (κ2) is 3.70. The molecule has 1 rings (SSSR count). The van der Waals surface area contributed by atoms with E-state index in [4.69, 9.17) is 0 Å². The van der Waals surface area contributed by atoms with Crippen molar-refractivity contribution in [3.63, 3.8) is 0 Å². The van der Waals surface area contributed by atoms with Gasteiger partial charge in [0.2, 0.25) is 5.91 Å². The third-order valence-corrected chi connectivity index (χ3v) is 2.45. The zero-order valence-corrected chi connectivity index (χ0v) is 7.59. The van der Waals surface area contributed by atoms with Crippen LogP contribution in [0.1, 0.15) is 26.2 Å². The minimum atomic E-state index is -0.369. The van der Waals surface area contributed by atoms with Crippen LogP contribution in [-0.2, 0) is 9.59 Å². The van der Waals surface area contributed by atoms with Crippen LogP contribution in [0.25, 0.3) is 0 Å². The molecule has 0 aromatic heterocycles. The molecule has 0 aromatic rings. The van der Waals surface area contributed by atoms with E-state index in [1.807, 2.05) is 0 Å². The topological polar surface area (TPSA) is 46.2 Å². The Bertz CT molecular complexity index is 201. The Hall–Kier alpha value is -0.860. The number of hydrogen-bond acceptors (Lipinski definition) is 2. The van der Waals surface area contributed by atoms with Gasteiger partial charge in [-0.15, -0.1) is 0 Å². The summed E-state index contributed by atoms with van der Waals surface area (Å²) in [5.41, 5.74) is 0. The van der Waals surface area contributed by atoms with E-state index in [1.165, 1.54) is 0 Å². The zero-order valence-electron chi connectivity index (χ0n) is 7.59. The van der Waals surface area contributed by atoms with E-state index in [2.05, 4.69) is 12.2 Å². The Morgan fingerprint density at radius 3 is 2.67 bits per heavy atom. The van der Waals surface area contributed by atoms with Gasteiger partial charge in [0, 0.05) is 13.5 Å². The lowest BCUT2D eigenvalue weighted by atomic mass is 9.81. The SMILES string of the molecule is CNC(=O)C1CCC(C)CC1=O. The van der Waals surface area contributed by atoms with Gasteiger partial charge < -0.3 is 5.32 Å². The summed E-state index contributed by atoms with van der Waals surface area (Å²) in [6.45, 7) is 2.05. The molecule has 0 bridgehead atoms. The molecule has 0 aromatic carbocycles. The van der Waals surface area contributed by atoms with Gasteiger partial charge in [0.05, 0.1) is 5.92 Å². The lowest BCUT2D eigenvalue weighted by molar-refractivity contribution is -0.136. The molecule has 12 heavy (non-hydrogen) atoms. The molecule has 1 amide bonds. The van der Waals surface area contributed by atoms with E-state index >= 15 is 0 Å². The van der Waals surface area contributed by atoms with E-state index < -0.39 is 0 Å². The molecule has 0 radical (unpaired) electrons. The molecule has 1 saturated carbocycles. The molecule has 3 nitrogen and oxygen atoms in total. The Balaban J connectivity index is 2.56. The minimum Gasteiger partial charge on any atom is -0.359 e. The Labute approximate surface area is 72.5 Å². The molecular formula is C9H15NO2. The number of amides is 1. The van der Waals surface area contributed by atoms with Crippen molar-refractivity contribution in [2.75, 3.05) is 7.05 Å². The highest BCUT2D eigenvalue weighted by Crippen LogP contribution is 2.25. The zero-order chi connectivity index (χ0) is 9.14. The van der Waals surface area contributed by atoms with Crippen LogP contribution in [0.2, 0.25) is 0 Å². The molecular weight excluding hydrogens is 154 g/mol. The Morgan fingerprint density at radius 2 is 2.17 bits per heavy atom. The predicted molar refractivity (Wildman–Crippen MR) is 45.6 cm³/mol. The maximum absolute atomic E-state index is 11.3. The third-order valence-electron chi connectivity index (χ3n) is 2.45. The fraction of sp³-hybridized carbons (Fsp3) is 0.778. The highest BCUT2D eigenvalue weighted by molar-refractivity contribution is 6.01. The summed E-state index contributed by atoms with van der Waals surface area (Å²) >= 11 is 0. The summed E-state index contributed by atoms with van der Waals surface area (Å²) in [5.74, 6) is 0.0737. The van der Waals surface area contributed by atoms with Crippen molar-refractivity contribution in [1.82, 2.24) is 5.32 Å². The first-order valence-corrected chi connectivity index (χ1v) is 4.39. The molecule has 2 atom stereocenters. The van der Waals surface area contributed by atoms with Crippen LogP contribution < -0.4 is 5.32 Å². The van der Waals surface area contributed by atoms with E-state index in [0.29, 0.717) is 12.3 Å². The van der Waals surface area contributed by atoms with Crippen molar-refractivity contribution in [1.29, 1.82) is 0 Å². The van der Waals surface area contributed by atoms with E-state index in [1.54, 1.807) is 7.05 Å². The second-order valence-corrected chi connectivity index (χ2v) is 3.52. The van der Waals surface area contributed by atoms with Crippen LogP contribution in [0, 0.1) is 11.8 Å². The first-order valence-electron chi connectivity index (χ1n) is 4.39. The average Bonchev–Trinajstić information content (AvgIpc) is 2.03. The molecule has 1 N–H and O–H groups in total. The quantitative estimate of drug-likeness (QED) is 0.588. The fourth-order valence-electron chi connectivity index (χ4n) is 1.65. The summed E-state index contributed by atoms with van der Waals surface area (Å²) in [6, 6.07) is 0. The summed E-state index contributed by atoms with van der Waals surface area (Å²) < 4.78 is 0. The number of rotatable bonds is 1. The van der Waals surface area contributed by atoms with Crippen molar-refractivity contribution >= 4 is 11.7 Å². The van der Waals surface area contributed by atoms with Crippen LogP contribution in [0.15, 0.2) is 0 Å². The van der Waals surface area contributed by atoms with Crippen molar-refractivity contribution in [2.45, 2.75) is 26.2 Å². The van der Waals surface area contributed by atoms with Gasteiger partial charge in [0.1, 0.15) is 5.78 Å². The summed E-state index contributed by atoms with van der Waals surface area (Å²) in [5, 5.41) is 2.52. The van der Waals surface area contributed by atoms with Gasteiger partial charge in [-0.25, -0.2) is 0 Å². The predicted octanol–water partition coefficient (Wildman–Crippen LogP) is 0.738. The first kappa shape index (κ1) is 9.23. The molecule has 2 unspecified atom stereocenters. The van der Waals surface area contributed by atoms with Gasteiger partial charge in [-0.1, -0.05) is 6.92 Å². The average molecular weight is 169 g/mol. The number of hydrogen-bond donors (Lipinski definition) is 1. The molecule has 0 heterocycles. The number of carbonyl (C=O) groups excluding carboxylic acids is 2. The van der Waals surface area contributed by atoms with Crippen LogP contribution in [0.5, 0.6) is 0 Å². The minimum absolute atomic E-state index is 0.105. The lowest BCUT2D eigenvalue weighted by Gasteiger charge is -2.23. The third kappa shape index (κ3) is 1.84. The van der Waals surface area contributed by atoms with E-state index in [0.717, 1.165) is 12.8 Å². The summed E-state index contributed by atoms with van der Waals surface area (Å²) in [7, 11) is 1.58. The molecule has 1 aliphatic carbocycles. The fourth-order valence-corrected chi connectivity index (χ4v) is 1.65. The largest absolute Gasteiger partial charge is 0.359 e. The smallest absolute Gasteiger partial charge is 0.230 e. The Kier molecular flexibility index (Phi) is 2.84. The Morgan fingerprint density at radius 1 is 1.50 bits per heavy atom. The number of ketones is 1. The van der Waals surface area contributed by atoms with E-state index in [-0.39, 0.29) is 17.6 Å². The first-order chi connectivity index (χ1) is 5.65. The second-order valence-electron chi connectivity index (χ2n) is 3.52. The van der Waals surface area contributed by atoms with Crippen LogP contribution in [-0.4, -0.2) is 18.7 Å². The van der Waals surface area contributed by atoms with E-state index in [9.17, 15) is 9.59 Å². The van der Waals surface area contributed by atoms with Crippen LogP contribution in [0.4, 0.5) is 0 Å². The molecule has 1 fully saturated rings. The van der Waals surface area contributed by atoms with Gasteiger partial charge in [-0.05, 0) is 18.8 Å². The molecule has 0 aliphatic heterocycles. The molecule has 1 aliphatic rings. The van der Waals surface area contributed by atoms with Crippen molar-refractivity contribution in [2.24, 2.45) is 11.8 Å². The molecule has 0 saturated heterocycles. The highest BCUT2D eigenvalue weighted by atomic mass is 16.2. The number of Topliss-reactive ketones (excluding diaryl/α,β-unsaturated/α-hetero) is 1. The number of carbonyl (C=O) groups is 2. The van der Waals surface area contributed by atoms with Gasteiger partial charge >= 0.3 is 0 Å². The van der Waals surface area contributed by atoms with Crippen LogP contribution in [0.3, 0.4) is 0 Å². The van der Waals surface area contributed by atoms with Crippen LogP contribution >= 0.6 is 0 Å². The highest BCUT2D eigenvalue weighted by Gasteiger charge is 2.30. The maximum atomic E-state index is 11.3. The van der Waals surface area contributed by atoms with Gasteiger partial charge in [0.15, 0.2) is 0 Å². The standard InChI is InChI=1S/C9H15NO2/c1-6-3-4-7(8(11)5-6)9(12)10-2/h6-7H,3-5H2,1-2H3,(H,10,12). The summed E-state index contributed by atoms with van der Waals surface area (Å²) in [6.07, 6.45) is 2.28. The normalized spacial score (nSPS) is 30.0.